The third kappa shape index (κ3) is 7.14. The number of aromatic nitrogens is 2. The molecule has 1 aromatic heterocycles. The fourth-order valence-electron chi connectivity index (χ4n) is 4.00. The monoisotopic (exact) mass is 423 g/mol. The number of aryl methyl sites for hydroxylation is 1. The number of allylic oxidation sites excluding steroid dienone is 2. The largest absolute Gasteiger partial charge is 0.373 e. The highest BCUT2D eigenvalue weighted by Crippen LogP contribution is 2.26. The van der Waals surface area contributed by atoms with Gasteiger partial charge in [-0.25, -0.2) is 4.68 Å². The van der Waals surface area contributed by atoms with Gasteiger partial charge in [0.15, 0.2) is 0 Å². The normalized spacial score (nSPS) is 21.4. The molecule has 1 heterocycles. The highest BCUT2D eigenvalue weighted by molar-refractivity contribution is 6.22. The number of nitrogens with one attached hydrogen (secondary N) is 1. The minimum atomic E-state index is 0.0196. The van der Waals surface area contributed by atoms with Gasteiger partial charge < -0.3 is 10.1 Å². The second-order valence-corrected chi connectivity index (χ2v) is 9.29. The van der Waals surface area contributed by atoms with Crippen LogP contribution in [0.1, 0.15) is 83.2 Å². The molecule has 1 saturated carbocycles. The van der Waals surface area contributed by atoms with Crippen LogP contribution < -0.4 is 5.32 Å². The maximum Gasteiger partial charge on any atom is 0.217 e. The Morgan fingerprint density at radius 2 is 1.97 bits per heavy atom. The zero-order chi connectivity index (χ0) is 21.6. The van der Waals surface area contributed by atoms with E-state index in [-0.39, 0.29) is 17.4 Å². The van der Waals surface area contributed by atoms with Crippen molar-refractivity contribution in [2.24, 2.45) is 5.92 Å². The van der Waals surface area contributed by atoms with Gasteiger partial charge in [-0.05, 0) is 64.4 Å². The van der Waals surface area contributed by atoms with E-state index in [0.717, 1.165) is 49.9 Å². The molecule has 0 radical (unpaired) electrons. The highest BCUT2D eigenvalue weighted by Gasteiger charge is 2.23. The van der Waals surface area contributed by atoms with Crippen molar-refractivity contribution in [1.82, 2.24) is 15.1 Å². The number of hydrogen-bond acceptors (Lipinski definition) is 3. The quantitative estimate of drug-likeness (QED) is 0.543. The molecule has 164 valence electrons. The number of alkyl halides is 1. The molecule has 0 saturated heterocycles. The lowest BCUT2D eigenvalue weighted by atomic mass is 9.93. The number of ether oxygens (including phenoxy) is 1. The number of rotatable bonds is 9. The summed E-state index contributed by atoms with van der Waals surface area (Å²) in [5.74, 6) is 0.588. The van der Waals surface area contributed by atoms with Crippen LogP contribution in [0.5, 0.6) is 0 Å². The maximum absolute atomic E-state index is 11.2. The first-order valence-electron chi connectivity index (χ1n) is 11.0. The summed E-state index contributed by atoms with van der Waals surface area (Å²) in [7, 11) is 0. The summed E-state index contributed by atoms with van der Waals surface area (Å²) in [6.45, 7) is 12.9. The van der Waals surface area contributed by atoms with E-state index >= 15 is 0 Å². The van der Waals surface area contributed by atoms with Gasteiger partial charge in [-0.3, -0.25) is 4.79 Å². The first-order chi connectivity index (χ1) is 13.7. The van der Waals surface area contributed by atoms with Gasteiger partial charge in [0.05, 0.1) is 23.8 Å². The molecule has 1 unspecified atom stereocenters. The molecule has 1 amide bonds. The van der Waals surface area contributed by atoms with Crippen molar-refractivity contribution in [1.29, 1.82) is 0 Å². The second-order valence-electron chi connectivity index (χ2n) is 8.73. The van der Waals surface area contributed by atoms with E-state index in [4.69, 9.17) is 21.4 Å². The Labute approximate surface area is 181 Å². The molecule has 6 heteroatoms. The van der Waals surface area contributed by atoms with Gasteiger partial charge in [-0.15, -0.1) is 11.6 Å². The lowest BCUT2D eigenvalue weighted by Gasteiger charge is -2.28. The summed E-state index contributed by atoms with van der Waals surface area (Å²) in [5.41, 5.74) is 4.50. The van der Waals surface area contributed by atoms with Crippen LogP contribution in [0.15, 0.2) is 6.08 Å². The summed E-state index contributed by atoms with van der Waals surface area (Å²) < 4.78 is 8.31. The van der Waals surface area contributed by atoms with E-state index in [2.05, 4.69) is 50.7 Å². The van der Waals surface area contributed by atoms with Crippen LogP contribution in [0.4, 0.5) is 0 Å². The van der Waals surface area contributed by atoms with Gasteiger partial charge in [-0.1, -0.05) is 20.8 Å². The third-order valence-electron chi connectivity index (χ3n) is 5.64. The summed E-state index contributed by atoms with van der Waals surface area (Å²) >= 11 is 6.43. The smallest absolute Gasteiger partial charge is 0.217 e. The molecule has 1 aromatic rings. The Morgan fingerprint density at radius 3 is 2.52 bits per heavy atom. The molecule has 2 rings (SSSR count). The molecule has 29 heavy (non-hydrogen) atoms. The first kappa shape index (κ1) is 23.9. The second kappa shape index (κ2) is 11.2. The fraction of sp³-hybridized carbons (Fsp3) is 0.739. The minimum absolute atomic E-state index is 0.0196. The van der Waals surface area contributed by atoms with E-state index < -0.39 is 0 Å². The molecule has 1 aliphatic carbocycles. The van der Waals surface area contributed by atoms with Crippen LogP contribution >= 0.6 is 11.6 Å². The number of hydrogen-bond donors (Lipinski definition) is 1. The van der Waals surface area contributed by atoms with E-state index in [9.17, 15) is 4.79 Å². The van der Waals surface area contributed by atoms with Gasteiger partial charge in [0.1, 0.15) is 0 Å². The van der Waals surface area contributed by atoms with Crippen LogP contribution in [0.25, 0.3) is 5.70 Å². The van der Waals surface area contributed by atoms with Crippen LogP contribution in [-0.2, 0) is 16.1 Å². The summed E-state index contributed by atoms with van der Waals surface area (Å²) in [5, 5.41) is 7.86. The Balaban J connectivity index is 2.05. The third-order valence-corrected chi connectivity index (χ3v) is 6.07. The van der Waals surface area contributed by atoms with Crippen molar-refractivity contribution in [3.8, 4) is 0 Å². The number of nitrogens with zero attached hydrogens (tertiary/aromatic N) is 2. The van der Waals surface area contributed by atoms with Gasteiger partial charge in [0.25, 0.3) is 0 Å². The summed E-state index contributed by atoms with van der Waals surface area (Å²) in [4.78, 5) is 11.2. The Morgan fingerprint density at radius 1 is 1.31 bits per heavy atom. The van der Waals surface area contributed by atoms with Crippen molar-refractivity contribution in [3.05, 3.63) is 23.0 Å². The summed E-state index contributed by atoms with van der Waals surface area (Å²) in [6.07, 6.45) is 8.18. The lowest BCUT2D eigenvalue weighted by molar-refractivity contribution is -0.120. The highest BCUT2D eigenvalue weighted by atomic mass is 35.5. The molecule has 0 bridgehead atoms. The van der Waals surface area contributed by atoms with Gasteiger partial charge in [-0.2, -0.15) is 5.10 Å². The molecular formula is C23H38ClN3O2. The topological polar surface area (TPSA) is 56.1 Å². The van der Waals surface area contributed by atoms with Crippen molar-refractivity contribution in [2.45, 2.75) is 104 Å². The Hall–Kier alpha value is -1.33. The molecular weight excluding hydrogens is 386 g/mol. The molecule has 1 fully saturated rings. The van der Waals surface area contributed by atoms with Crippen LogP contribution in [-0.4, -0.2) is 33.2 Å². The van der Waals surface area contributed by atoms with Crippen molar-refractivity contribution in [2.75, 3.05) is 0 Å². The standard InChI is InChI=1S/C23H38ClN3O2/c1-7-19(24)13-21(12-15(2)3)27-17(5)23(16(4)26-27)14-29-22-10-8-20(9-11-22)25-18(6)28/h13,15,19-20,22H,7-12,14H2,1-6H3,(H,25,28)/b21-13+. The molecule has 0 aromatic carbocycles. The molecule has 5 nitrogen and oxygen atoms in total. The van der Waals surface area contributed by atoms with Crippen molar-refractivity contribution < 1.29 is 9.53 Å². The average Bonchev–Trinajstić information content (AvgIpc) is 2.93. The number of halogens is 1. The predicted molar refractivity (Wildman–Crippen MR) is 120 cm³/mol. The van der Waals surface area contributed by atoms with Crippen LogP contribution in [0.3, 0.4) is 0 Å². The number of amides is 1. The zero-order valence-electron chi connectivity index (χ0n) is 18.9. The van der Waals surface area contributed by atoms with E-state index in [0.29, 0.717) is 18.6 Å². The van der Waals surface area contributed by atoms with E-state index in [1.807, 2.05) is 0 Å². The van der Waals surface area contributed by atoms with Gasteiger partial charge in [0.2, 0.25) is 5.91 Å². The summed E-state index contributed by atoms with van der Waals surface area (Å²) in [6, 6.07) is 0.296. The molecule has 1 atom stereocenters. The number of carbonyl (C=O) groups is 1. The predicted octanol–water partition coefficient (Wildman–Crippen LogP) is 5.37. The lowest BCUT2D eigenvalue weighted by Crippen LogP contribution is -2.37. The van der Waals surface area contributed by atoms with Gasteiger partial charge >= 0.3 is 0 Å². The van der Waals surface area contributed by atoms with E-state index in [1.165, 1.54) is 11.3 Å². The number of carbonyl (C=O) groups excluding carboxylic acids is 1. The SMILES string of the molecule is CCC(Cl)/C=C(\CC(C)C)n1nc(C)c(COC2CCC(NC(C)=O)CC2)c1C. The average molecular weight is 424 g/mol. The van der Waals surface area contributed by atoms with Crippen LogP contribution in [0.2, 0.25) is 0 Å². The van der Waals surface area contributed by atoms with Crippen molar-refractivity contribution in [3.63, 3.8) is 0 Å². The minimum Gasteiger partial charge on any atom is -0.373 e. The molecule has 1 N–H and O–H groups in total. The van der Waals surface area contributed by atoms with Crippen LogP contribution in [0, 0.1) is 19.8 Å². The molecule has 0 aliphatic heterocycles. The van der Waals surface area contributed by atoms with Crippen molar-refractivity contribution >= 4 is 23.2 Å². The Kier molecular flexibility index (Phi) is 9.22. The first-order valence-corrected chi connectivity index (χ1v) is 11.4. The molecule has 1 aliphatic rings. The Bertz CT molecular complexity index is 703. The maximum atomic E-state index is 11.2. The van der Waals surface area contributed by atoms with E-state index in [1.54, 1.807) is 6.92 Å². The fourth-order valence-corrected chi connectivity index (χ4v) is 4.14. The van der Waals surface area contributed by atoms with Gasteiger partial charge in [0, 0.05) is 29.9 Å². The molecule has 0 spiro atoms. The zero-order valence-corrected chi connectivity index (χ0v) is 19.7.